The number of rotatable bonds is 3. The molecule has 3 aromatic heterocycles. The fourth-order valence-corrected chi connectivity index (χ4v) is 5.24. The predicted octanol–water partition coefficient (Wildman–Crippen LogP) is 4.48. The lowest BCUT2D eigenvalue weighted by Crippen LogP contribution is -2.38. The molecule has 4 rings (SSSR count). The molecule has 1 saturated heterocycles. The lowest BCUT2D eigenvalue weighted by atomic mass is 9.96. The third kappa shape index (κ3) is 3.17. The Labute approximate surface area is 169 Å². The molecule has 148 valence electrons. The van der Waals surface area contributed by atoms with E-state index in [4.69, 9.17) is 4.52 Å². The largest absolute Gasteiger partial charge is 0.339 e. The van der Waals surface area contributed by atoms with Crippen molar-refractivity contribution in [1.29, 1.82) is 0 Å². The van der Waals surface area contributed by atoms with Crippen molar-refractivity contribution >= 4 is 17.2 Å². The normalized spacial score (nSPS) is 15.4. The maximum Gasteiger partial charge on any atom is 0.257 e. The highest BCUT2D eigenvalue weighted by Crippen LogP contribution is 2.35. The average Bonchev–Trinajstić information content (AvgIpc) is 3.33. The number of carbonyl (C=O) groups is 1. The van der Waals surface area contributed by atoms with Gasteiger partial charge in [-0.3, -0.25) is 4.79 Å². The van der Waals surface area contributed by atoms with Crippen LogP contribution in [0.1, 0.15) is 62.7 Å². The number of carbonyl (C=O) groups excluding carboxylic acids is 1. The summed E-state index contributed by atoms with van der Waals surface area (Å²) in [6, 6.07) is 4.21. The van der Waals surface area contributed by atoms with E-state index in [1.54, 1.807) is 11.3 Å². The van der Waals surface area contributed by atoms with Gasteiger partial charge in [0.05, 0.1) is 5.56 Å². The maximum atomic E-state index is 13.5. The van der Waals surface area contributed by atoms with Gasteiger partial charge in [0.1, 0.15) is 5.00 Å². The Hall–Kier alpha value is -2.41. The van der Waals surface area contributed by atoms with Crippen LogP contribution in [-0.4, -0.2) is 38.6 Å². The summed E-state index contributed by atoms with van der Waals surface area (Å²) in [7, 11) is 0. The second-order valence-corrected chi connectivity index (χ2v) is 8.86. The molecule has 0 saturated carbocycles. The zero-order chi connectivity index (χ0) is 20.0. The molecule has 0 N–H and O–H groups in total. The number of hydrogen-bond acceptors (Lipinski definition) is 5. The zero-order valence-corrected chi connectivity index (χ0v) is 17.9. The van der Waals surface area contributed by atoms with Crippen LogP contribution in [0.15, 0.2) is 16.7 Å². The molecule has 0 bridgehead atoms. The van der Waals surface area contributed by atoms with E-state index in [-0.39, 0.29) is 11.8 Å². The third-order valence-electron chi connectivity index (χ3n) is 5.73. The average molecular weight is 399 g/mol. The van der Waals surface area contributed by atoms with Gasteiger partial charge in [-0.2, -0.15) is 4.98 Å². The van der Waals surface area contributed by atoms with Crippen LogP contribution < -0.4 is 0 Å². The van der Waals surface area contributed by atoms with Crippen molar-refractivity contribution in [2.24, 2.45) is 0 Å². The van der Waals surface area contributed by atoms with Gasteiger partial charge in [-0.1, -0.05) is 5.16 Å². The molecule has 1 amide bonds. The minimum absolute atomic E-state index is 0.129. The van der Waals surface area contributed by atoms with Crippen molar-refractivity contribution in [3.05, 3.63) is 51.2 Å². The third-order valence-corrected chi connectivity index (χ3v) is 6.92. The first-order chi connectivity index (χ1) is 13.4. The second-order valence-electron chi connectivity index (χ2n) is 7.66. The Morgan fingerprint density at radius 1 is 1.11 bits per heavy atom. The molecular weight excluding hydrogens is 372 g/mol. The highest BCUT2D eigenvalue weighted by atomic mass is 32.1. The summed E-state index contributed by atoms with van der Waals surface area (Å²) >= 11 is 1.70. The van der Waals surface area contributed by atoms with Gasteiger partial charge in [0, 0.05) is 35.3 Å². The maximum absolute atomic E-state index is 13.5. The molecule has 7 heteroatoms. The van der Waals surface area contributed by atoms with Gasteiger partial charge in [-0.15, -0.1) is 11.3 Å². The van der Waals surface area contributed by atoms with Crippen molar-refractivity contribution < 1.29 is 9.32 Å². The van der Waals surface area contributed by atoms with Gasteiger partial charge in [0.25, 0.3) is 5.91 Å². The summed E-state index contributed by atoms with van der Waals surface area (Å²) in [5.74, 6) is 1.74. The predicted molar refractivity (Wildman–Crippen MR) is 110 cm³/mol. The molecule has 0 aromatic carbocycles. The number of thiophene rings is 1. The van der Waals surface area contributed by atoms with Crippen LogP contribution in [0.2, 0.25) is 0 Å². The van der Waals surface area contributed by atoms with Crippen LogP contribution in [0.4, 0.5) is 0 Å². The van der Waals surface area contributed by atoms with E-state index in [0.717, 1.165) is 40.4 Å². The minimum Gasteiger partial charge on any atom is -0.339 e. The first kappa shape index (κ1) is 18.9. The van der Waals surface area contributed by atoms with E-state index < -0.39 is 0 Å². The van der Waals surface area contributed by atoms with Crippen LogP contribution in [0.3, 0.4) is 0 Å². The summed E-state index contributed by atoms with van der Waals surface area (Å²) in [5, 5.41) is 4.93. The lowest BCUT2D eigenvalue weighted by molar-refractivity contribution is 0.0704. The topological polar surface area (TPSA) is 64.2 Å². The van der Waals surface area contributed by atoms with Crippen molar-refractivity contribution in [2.45, 2.75) is 53.4 Å². The Kier molecular flexibility index (Phi) is 4.87. The minimum atomic E-state index is 0.129. The highest BCUT2D eigenvalue weighted by Gasteiger charge is 2.31. The molecule has 1 fully saturated rings. The van der Waals surface area contributed by atoms with Crippen molar-refractivity contribution in [3.63, 3.8) is 0 Å². The van der Waals surface area contributed by atoms with Crippen LogP contribution in [0.5, 0.6) is 0 Å². The molecule has 0 aliphatic carbocycles. The second kappa shape index (κ2) is 7.20. The fraction of sp³-hybridized carbons (Fsp3) is 0.476. The Bertz CT molecular complexity index is 1000. The number of piperidine rings is 1. The van der Waals surface area contributed by atoms with Crippen molar-refractivity contribution in [1.82, 2.24) is 19.6 Å². The zero-order valence-electron chi connectivity index (χ0n) is 17.1. The first-order valence-corrected chi connectivity index (χ1v) is 10.5. The Balaban J connectivity index is 1.59. The number of aromatic nitrogens is 3. The summed E-state index contributed by atoms with van der Waals surface area (Å²) in [4.78, 5) is 21.0. The molecule has 4 heterocycles. The highest BCUT2D eigenvalue weighted by molar-refractivity contribution is 7.15. The van der Waals surface area contributed by atoms with E-state index in [9.17, 15) is 4.79 Å². The molecule has 3 aromatic rings. The summed E-state index contributed by atoms with van der Waals surface area (Å²) in [6.45, 7) is 11.6. The molecule has 0 unspecified atom stereocenters. The van der Waals surface area contributed by atoms with Gasteiger partial charge < -0.3 is 14.0 Å². The quantitative estimate of drug-likeness (QED) is 0.652. The van der Waals surface area contributed by atoms with E-state index in [0.29, 0.717) is 24.8 Å². The van der Waals surface area contributed by atoms with Gasteiger partial charge in [0.2, 0.25) is 5.89 Å². The molecule has 0 atom stereocenters. The first-order valence-electron chi connectivity index (χ1n) is 9.71. The number of nitrogens with zero attached hydrogens (tertiary/aromatic N) is 4. The monoisotopic (exact) mass is 398 g/mol. The lowest BCUT2D eigenvalue weighted by Gasteiger charge is -2.31. The Morgan fingerprint density at radius 3 is 2.32 bits per heavy atom. The van der Waals surface area contributed by atoms with E-state index in [2.05, 4.69) is 54.5 Å². The molecule has 0 spiro atoms. The summed E-state index contributed by atoms with van der Waals surface area (Å²) in [6.07, 6.45) is 1.71. The smallest absolute Gasteiger partial charge is 0.257 e. The van der Waals surface area contributed by atoms with Crippen LogP contribution >= 0.6 is 11.3 Å². The van der Waals surface area contributed by atoms with E-state index >= 15 is 0 Å². The standard InChI is InChI=1S/C21H26N4O2S/c1-12-6-7-13(2)25(12)21-18(14(3)15(4)28-21)20(26)24-10-8-17(9-11-24)19-22-16(5)23-27-19/h6-7,17H,8-11H2,1-5H3. The summed E-state index contributed by atoms with van der Waals surface area (Å²) in [5.41, 5.74) is 4.24. The van der Waals surface area contributed by atoms with Gasteiger partial charge in [-0.25, -0.2) is 0 Å². The molecule has 1 aliphatic rings. The molecule has 6 nitrogen and oxygen atoms in total. The molecule has 28 heavy (non-hydrogen) atoms. The van der Waals surface area contributed by atoms with Crippen molar-refractivity contribution in [3.8, 4) is 5.00 Å². The van der Waals surface area contributed by atoms with Crippen LogP contribution in [-0.2, 0) is 0 Å². The van der Waals surface area contributed by atoms with E-state index in [1.165, 1.54) is 4.88 Å². The van der Waals surface area contributed by atoms with Gasteiger partial charge >= 0.3 is 0 Å². The molecule has 1 aliphatic heterocycles. The number of aryl methyl sites for hydroxylation is 4. The summed E-state index contributed by atoms with van der Waals surface area (Å²) < 4.78 is 7.54. The number of likely N-dealkylation sites (tertiary alicyclic amines) is 1. The SMILES string of the molecule is Cc1noc(C2CCN(C(=O)c3c(-n4c(C)ccc4C)sc(C)c3C)CC2)n1. The Morgan fingerprint density at radius 2 is 1.75 bits per heavy atom. The van der Waals surface area contributed by atoms with Gasteiger partial charge in [0.15, 0.2) is 5.82 Å². The number of hydrogen-bond donors (Lipinski definition) is 0. The van der Waals surface area contributed by atoms with Crippen LogP contribution in [0.25, 0.3) is 5.00 Å². The van der Waals surface area contributed by atoms with Crippen LogP contribution in [0, 0.1) is 34.6 Å². The number of amides is 1. The van der Waals surface area contributed by atoms with E-state index in [1.807, 2.05) is 11.8 Å². The van der Waals surface area contributed by atoms with Gasteiger partial charge in [-0.05, 0) is 65.2 Å². The fourth-order valence-electron chi connectivity index (χ4n) is 3.97. The molecule has 0 radical (unpaired) electrons. The molecular formula is C21H26N4O2S. The van der Waals surface area contributed by atoms with Crippen molar-refractivity contribution in [2.75, 3.05) is 13.1 Å².